The molecule has 1 saturated heterocycles. The van der Waals surface area contributed by atoms with Crippen molar-refractivity contribution in [1.29, 1.82) is 0 Å². The van der Waals surface area contributed by atoms with Crippen molar-refractivity contribution in [3.63, 3.8) is 0 Å². The lowest BCUT2D eigenvalue weighted by Gasteiger charge is -2.22. The minimum atomic E-state index is 0.123. The number of aryl methyl sites for hydroxylation is 1. The number of carbonyl (C=O) groups is 1. The van der Waals surface area contributed by atoms with Crippen molar-refractivity contribution >= 4 is 5.91 Å². The van der Waals surface area contributed by atoms with E-state index in [1.165, 1.54) is 0 Å². The molecule has 2 rings (SSSR count). The summed E-state index contributed by atoms with van der Waals surface area (Å²) >= 11 is 0. The van der Waals surface area contributed by atoms with Gasteiger partial charge >= 0.3 is 0 Å². The van der Waals surface area contributed by atoms with Crippen molar-refractivity contribution in [2.75, 3.05) is 39.3 Å². The Morgan fingerprint density at radius 2 is 2.16 bits per heavy atom. The van der Waals surface area contributed by atoms with Crippen LogP contribution in [0.2, 0.25) is 0 Å². The molecule has 0 unspecified atom stereocenters. The predicted octanol–water partition coefficient (Wildman–Crippen LogP) is 0.648. The molecule has 0 saturated carbocycles. The standard InChI is InChI=1S/C14H23N3O2/c1-2-16-7-3-5-13(16)14(19)17-8-4-6-15(9-10-17)11-12-18/h3,5,7,18H,2,4,6,8-12H2,1H3. The molecule has 1 aliphatic rings. The molecule has 5 heteroatoms. The first kappa shape index (κ1) is 14.1. The number of β-amino-alcohol motifs (C(OH)–C–C–N with tert-alkyl or cyclic N) is 1. The van der Waals surface area contributed by atoms with Gasteiger partial charge in [0.2, 0.25) is 0 Å². The van der Waals surface area contributed by atoms with E-state index in [9.17, 15) is 4.79 Å². The Morgan fingerprint density at radius 3 is 2.89 bits per heavy atom. The van der Waals surface area contributed by atoms with E-state index >= 15 is 0 Å². The summed E-state index contributed by atoms with van der Waals surface area (Å²) in [5.74, 6) is 0.123. The monoisotopic (exact) mass is 265 g/mol. The molecule has 106 valence electrons. The first-order valence-electron chi connectivity index (χ1n) is 7.04. The Morgan fingerprint density at radius 1 is 1.32 bits per heavy atom. The summed E-state index contributed by atoms with van der Waals surface area (Å²) in [5, 5.41) is 8.98. The van der Waals surface area contributed by atoms with Crippen LogP contribution in [0.5, 0.6) is 0 Å². The Hall–Kier alpha value is -1.33. The Bertz CT molecular complexity index is 417. The minimum absolute atomic E-state index is 0.123. The second-order valence-electron chi connectivity index (χ2n) is 4.89. The maximum absolute atomic E-state index is 12.5. The van der Waals surface area contributed by atoms with Crippen molar-refractivity contribution in [3.8, 4) is 0 Å². The van der Waals surface area contributed by atoms with Gasteiger partial charge < -0.3 is 14.6 Å². The summed E-state index contributed by atoms with van der Waals surface area (Å²) in [7, 11) is 0. The van der Waals surface area contributed by atoms with E-state index in [0.29, 0.717) is 6.54 Å². The number of rotatable bonds is 4. The van der Waals surface area contributed by atoms with E-state index in [2.05, 4.69) is 4.90 Å². The average molecular weight is 265 g/mol. The first-order chi connectivity index (χ1) is 9.26. The third-order valence-corrected chi connectivity index (χ3v) is 3.68. The molecular formula is C14H23N3O2. The molecule has 0 aromatic carbocycles. The Labute approximate surface area is 114 Å². The van der Waals surface area contributed by atoms with Crippen molar-refractivity contribution in [3.05, 3.63) is 24.0 Å². The van der Waals surface area contributed by atoms with Crippen molar-refractivity contribution < 1.29 is 9.90 Å². The number of hydrogen-bond acceptors (Lipinski definition) is 3. The fourth-order valence-electron chi connectivity index (χ4n) is 2.59. The molecule has 1 N–H and O–H groups in total. The maximum Gasteiger partial charge on any atom is 0.270 e. The van der Waals surface area contributed by atoms with Crippen LogP contribution in [0.3, 0.4) is 0 Å². The highest BCUT2D eigenvalue weighted by molar-refractivity contribution is 5.92. The third-order valence-electron chi connectivity index (χ3n) is 3.68. The second kappa shape index (κ2) is 6.73. The Balaban J connectivity index is 2.00. The fraction of sp³-hybridized carbons (Fsp3) is 0.643. The Kier molecular flexibility index (Phi) is 4.99. The van der Waals surface area contributed by atoms with Gasteiger partial charge in [0.15, 0.2) is 0 Å². The van der Waals surface area contributed by atoms with Gasteiger partial charge in [0.05, 0.1) is 6.61 Å². The van der Waals surface area contributed by atoms with Crippen LogP contribution in [-0.4, -0.2) is 64.7 Å². The van der Waals surface area contributed by atoms with Gasteiger partial charge in [-0.3, -0.25) is 9.69 Å². The molecule has 0 atom stereocenters. The topological polar surface area (TPSA) is 48.7 Å². The highest BCUT2D eigenvalue weighted by Gasteiger charge is 2.21. The fourth-order valence-corrected chi connectivity index (χ4v) is 2.59. The smallest absolute Gasteiger partial charge is 0.270 e. The molecule has 1 aromatic heterocycles. The number of carbonyl (C=O) groups excluding carboxylic acids is 1. The van der Waals surface area contributed by atoms with Crippen LogP contribution in [0.4, 0.5) is 0 Å². The molecule has 19 heavy (non-hydrogen) atoms. The lowest BCUT2D eigenvalue weighted by Crippen LogP contribution is -2.36. The van der Waals surface area contributed by atoms with E-state index in [1.54, 1.807) is 0 Å². The predicted molar refractivity (Wildman–Crippen MR) is 74.2 cm³/mol. The van der Waals surface area contributed by atoms with Crippen molar-refractivity contribution in [2.45, 2.75) is 19.9 Å². The van der Waals surface area contributed by atoms with Crippen LogP contribution < -0.4 is 0 Å². The number of amides is 1. The molecule has 1 aromatic rings. The SMILES string of the molecule is CCn1cccc1C(=O)N1CCCN(CCO)CC1. The molecule has 1 amide bonds. The summed E-state index contributed by atoms with van der Waals surface area (Å²) in [6.45, 7) is 7.10. The van der Waals surface area contributed by atoms with E-state index in [-0.39, 0.29) is 12.5 Å². The lowest BCUT2D eigenvalue weighted by atomic mass is 10.3. The molecule has 5 nitrogen and oxygen atoms in total. The van der Waals surface area contributed by atoms with Crippen LogP contribution in [0.1, 0.15) is 23.8 Å². The first-order valence-corrected chi connectivity index (χ1v) is 7.04. The molecule has 0 aliphatic carbocycles. The van der Waals surface area contributed by atoms with Gasteiger partial charge in [0.25, 0.3) is 5.91 Å². The van der Waals surface area contributed by atoms with Crippen LogP contribution in [0.25, 0.3) is 0 Å². The van der Waals surface area contributed by atoms with Gasteiger partial charge in [-0.1, -0.05) is 0 Å². The zero-order valence-electron chi connectivity index (χ0n) is 11.6. The van der Waals surface area contributed by atoms with Gasteiger partial charge in [-0.25, -0.2) is 0 Å². The number of hydrogen-bond donors (Lipinski definition) is 1. The van der Waals surface area contributed by atoms with E-state index in [4.69, 9.17) is 5.11 Å². The maximum atomic E-state index is 12.5. The van der Waals surface area contributed by atoms with Crippen molar-refractivity contribution in [1.82, 2.24) is 14.4 Å². The molecule has 1 aliphatic heterocycles. The number of aliphatic hydroxyl groups is 1. The molecule has 0 spiro atoms. The van der Waals surface area contributed by atoms with Gasteiger partial charge in [0.1, 0.15) is 5.69 Å². The van der Waals surface area contributed by atoms with Crippen LogP contribution >= 0.6 is 0 Å². The van der Waals surface area contributed by atoms with Gasteiger partial charge in [-0.2, -0.15) is 0 Å². The van der Waals surface area contributed by atoms with E-state index < -0.39 is 0 Å². The molecular weight excluding hydrogens is 242 g/mol. The average Bonchev–Trinajstić information content (AvgIpc) is 2.78. The molecule has 0 radical (unpaired) electrons. The minimum Gasteiger partial charge on any atom is -0.395 e. The number of nitrogens with zero attached hydrogens (tertiary/aromatic N) is 3. The highest BCUT2D eigenvalue weighted by Crippen LogP contribution is 2.10. The third kappa shape index (κ3) is 3.36. The van der Waals surface area contributed by atoms with Gasteiger partial charge in [-0.15, -0.1) is 0 Å². The summed E-state index contributed by atoms with van der Waals surface area (Å²) in [6, 6.07) is 3.81. The summed E-state index contributed by atoms with van der Waals surface area (Å²) < 4.78 is 1.98. The van der Waals surface area contributed by atoms with Crippen molar-refractivity contribution in [2.24, 2.45) is 0 Å². The molecule has 1 fully saturated rings. The zero-order valence-corrected chi connectivity index (χ0v) is 11.6. The van der Waals surface area contributed by atoms with Gasteiger partial charge in [-0.05, 0) is 32.0 Å². The molecule has 0 bridgehead atoms. The summed E-state index contributed by atoms with van der Waals surface area (Å²) in [6.07, 6.45) is 2.92. The highest BCUT2D eigenvalue weighted by atomic mass is 16.3. The van der Waals surface area contributed by atoms with Crippen LogP contribution in [0.15, 0.2) is 18.3 Å². The van der Waals surface area contributed by atoms with Gasteiger partial charge in [0, 0.05) is 38.9 Å². The van der Waals surface area contributed by atoms with Crippen LogP contribution in [-0.2, 0) is 6.54 Å². The quantitative estimate of drug-likeness (QED) is 0.869. The lowest BCUT2D eigenvalue weighted by molar-refractivity contribution is 0.0750. The normalized spacial score (nSPS) is 17.5. The largest absolute Gasteiger partial charge is 0.395 e. The number of aromatic nitrogens is 1. The zero-order chi connectivity index (χ0) is 13.7. The summed E-state index contributed by atoms with van der Waals surface area (Å²) in [5.41, 5.74) is 0.776. The van der Waals surface area contributed by atoms with Crippen LogP contribution in [0, 0.1) is 0 Å². The molecule has 2 heterocycles. The van der Waals surface area contributed by atoms with E-state index in [0.717, 1.165) is 44.8 Å². The van der Waals surface area contributed by atoms with E-state index in [1.807, 2.05) is 34.7 Å². The number of aliphatic hydroxyl groups excluding tert-OH is 1. The second-order valence-corrected chi connectivity index (χ2v) is 4.89. The summed E-state index contributed by atoms with van der Waals surface area (Å²) in [4.78, 5) is 16.6.